The van der Waals surface area contributed by atoms with Crippen LogP contribution >= 0.6 is 34.8 Å². The van der Waals surface area contributed by atoms with Crippen LogP contribution in [0.15, 0.2) is 42.5 Å². The molecule has 0 heterocycles. The molecule has 0 aliphatic heterocycles. The van der Waals surface area contributed by atoms with Gasteiger partial charge >= 0.3 is 0 Å². The summed E-state index contributed by atoms with van der Waals surface area (Å²) in [6.07, 6.45) is 2.46. The normalized spacial score (nSPS) is 11.8. The van der Waals surface area contributed by atoms with Crippen LogP contribution in [0, 0.1) is 0 Å². The number of hydrogen-bond acceptors (Lipinski definition) is 2. The number of rotatable bonds is 10. The van der Waals surface area contributed by atoms with Gasteiger partial charge in [-0.05, 0) is 42.7 Å². The number of carbonyl (C=O) groups is 2. The van der Waals surface area contributed by atoms with Crippen molar-refractivity contribution in [3.05, 3.63) is 68.7 Å². The molecule has 2 amide bonds. The van der Waals surface area contributed by atoms with Gasteiger partial charge in [-0.3, -0.25) is 9.59 Å². The predicted molar refractivity (Wildman–Crippen MR) is 124 cm³/mol. The number of benzene rings is 2. The quantitative estimate of drug-likeness (QED) is 0.440. The van der Waals surface area contributed by atoms with Crippen LogP contribution < -0.4 is 5.32 Å². The van der Waals surface area contributed by atoms with E-state index in [2.05, 4.69) is 12.2 Å². The third-order valence-electron chi connectivity index (χ3n) is 4.85. The minimum Gasteiger partial charge on any atom is -0.354 e. The van der Waals surface area contributed by atoms with Crippen LogP contribution in [0.4, 0.5) is 0 Å². The standard InChI is InChI=1S/C23H27Cl3N2O2/c1-3-5-12-27-23(30)21(4-2)28(15-18-19(25)10-7-11-20(18)26)22(29)14-16-8-6-9-17(24)13-16/h6-11,13,21H,3-5,12,14-15H2,1-2H3,(H,27,30)/t21-/m0/s1. The first-order valence-corrected chi connectivity index (χ1v) is 11.2. The highest BCUT2D eigenvalue weighted by Crippen LogP contribution is 2.27. The monoisotopic (exact) mass is 468 g/mol. The average molecular weight is 470 g/mol. The van der Waals surface area contributed by atoms with Gasteiger partial charge in [0.1, 0.15) is 6.04 Å². The predicted octanol–water partition coefficient (Wildman–Crippen LogP) is 5.91. The lowest BCUT2D eigenvalue weighted by molar-refractivity contribution is -0.140. The molecule has 2 aromatic rings. The Labute approximate surface area is 193 Å². The van der Waals surface area contributed by atoms with Crippen LogP contribution in [0.3, 0.4) is 0 Å². The van der Waals surface area contributed by atoms with Crippen molar-refractivity contribution in [2.45, 2.75) is 52.1 Å². The van der Waals surface area contributed by atoms with Crippen molar-refractivity contribution in [1.29, 1.82) is 0 Å². The summed E-state index contributed by atoms with van der Waals surface area (Å²) in [5.74, 6) is -0.362. The molecule has 1 N–H and O–H groups in total. The molecule has 0 radical (unpaired) electrons. The number of nitrogens with one attached hydrogen (secondary N) is 1. The third kappa shape index (κ3) is 6.90. The van der Waals surface area contributed by atoms with E-state index in [0.717, 1.165) is 18.4 Å². The average Bonchev–Trinajstić information content (AvgIpc) is 2.70. The van der Waals surface area contributed by atoms with Gasteiger partial charge in [-0.2, -0.15) is 0 Å². The molecule has 0 bridgehead atoms. The Kier molecular flexibility index (Phi) is 9.96. The molecule has 0 unspecified atom stereocenters. The summed E-state index contributed by atoms with van der Waals surface area (Å²) in [6.45, 7) is 4.67. The van der Waals surface area contributed by atoms with Crippen molar-refractivity contribution in [2.24, 2.45) is 0 Å². The van der Waals surface area contributed by atoms with Crippen LogP contribution in [0.25, 0.3) is 0 Å². The van der Waals surface area contributed by atoms with Gasteiger partial charge in [-0.1, -0.05) is 73.3 Å². The second-order valence-corrected chi connectivity index (χ2v) is 8.35. The summed E-state index contributed by atoms with van der Waals surface area (Å²) in [6, 6.07) is 11.7. The third-order valence-corrected chi connectivity index (χ3v) is 5.79. The molecule has 0 saturated heterocycles. The van der Waals surface area contributed by atoms with Crippen molar-refractivity contribution in [2.75, 3.05) is 6.54 Å². The summed E-state index contributed by atoms with van der Waals surface area (Å²) >= 11 is 18.8. The largest absolute Gasteiger partial charge is 0.354 e. The zero-order valence-corrected chi connectivity index (χ0v) is 19.5. The van der Waals surface area contributed by atoms with E-state index < -0.39 is 6.04 Å². The first-order valence-electron chi connectivity index (χ1n) is 10.1. The van der Waals surface area contributed by atoms with E-state index in [1.54, 1.807) is 41.3 Å². The maximum atomic E-state index is 13.3. The van der Waals surface area contributed by atoms with Crippen LogP contribution in [-0.2, 0) is 22.6 Å². The minimum atomic E-state index is -0.624. The Balaban J connectivity index is 2.32. The molecule has 0 aromatic heterocycles. The second-order valence-electron chi connectivity index (χ2n) is 7.10. The number of unbranched alkanes of at least 4 members (excludes halogenated alkanes) is 1. The number of carbonyl (C=O) groups excluding carboxylic acids is 2. The van der Waals surface area contributed by atoms with E-state index in [4.69, 9.17) is 34.8 Å². The van der Waals surface area contributed by atoms with Gasteiger partial charge in [-0.15, -0.1) is 0 Å². The Hall–Kier alpha value is -1.75. The lowest BCUT2D eigenvalue weighted by Gasteiger charge is -2.31. The lowest BCUT2D eigenvalue weighted by atomic mass is 10.1. The fourth-order valence-electron chi connectivity index (χ4n) is 3.20. The lowest BCUT2D eigenvalue weighted by Crippen LogP contribution is -2.49. The molecule has 0 spiro atoms. The fourth-order valence-corrected chi connectivity index (χ4v) is 3.93. The molecule has 7 heteroatoms. The topological polar surface area (TPSA) is 49.4 Å². The highest BCUT2D eigenvalue weighted by molar-refractivity contribution is 6.36. The molecule has 1 atom stereocenters. The number of halogens is 3. The van der Waals surface area contributed by atoms with Crippen molar-refractivity contribution >= 4 is 46.6 Å². The maximum Gasteiger partial charge on any atom is 0.242 e. The minimum absolute atomic E-state index is 0.126. The molecular formula is C23H27Cl3N2O2. The summed E-state index contributed by atoms with van der Waals surface area (Å²) in [7, 11) is 0. The van der Waals surface area contributed by atoms with Crippen LogP contribution in [0.5, 0.6) is 0 Å². The van der Waals surface area contributed by atoms with Gasteiger partial charge in [0.25, 0.3) is 0 Å². The number of hydrogen-bond donors (Lipinski definition) is 1. The Morgan fingerprint density at radius 2 is 1.70 bits per heavy atom. The van der Waals surface area contributed by atoms with E-state index >= 15 is 0 Å². The van der Waals surface area contributed by atoms with Gasteiger partial charge in [0.2, 0.25) is 11.8 Å². The number of amides is 2. The Bertz CT molecular complexity index is 853. The molecule has 0 saturated carbocycles. The summed E-state index contributed by atoms with van der Waals surface area (Å²) in [5.41, 5.74) is 1.41. The van der Waals surface area contributed by atoms with E-state index in [0.29, 0.717) is 33.6 Å². The van der Waals surface area contributed by atoms with Gasteiger partial charge in [0.15, 0.2) is 0 Å². The SMILES string of the molecule is CCCCNC(=O)[C@H](CC)N(Cc1c(Cl)cccc1Cl)C(=O)Cc1cccc(Cl)c1. The van der Waals surface area contributed by atoms with Crippen molar-refractivity contribution in [1.82, 2.24) is 10.2 Å². The molecule has 0 fully saturated rings. The van der Waals surface area contributed by atoms with Crippen LogP contribution in [-0.4, -0.2) is 29.3 Å². The molecule has 4 nitrogen and oxygen atoms in total. The summed E-state index contributed by atoms with van der Waals surface area (Å²) < 4.78 is 0. The van der Waals surface area contributed by atoms with Crippen LogP contribution in [0.2, 0.25) is 15.1 Å². The molecule has 162 valence electrons. The highest BCUT2D eigenvalue weighted by atomic mass is 35.5. The van der Waals surface area contributed by atoms with Gasteiger partial charge in [-0.25, -0.2) is 0 Å². The second kappa shape index (κ2) is 12.2. The summed E-state index contributed by atoms with van der Waals surface area (Å²) in [5, 5.41) is 4.42. The molecule has 2 rings (SSSR count). The Morgan fingerprint density at radius 1 is 1.03 bits per heavy atom. The zero-order valence-electron chi connectivity index (χ0n) is 17.3. The molecule has 2 aromatic carbocycles. The van der Waals surface area contributed by atoms with Crippen LogP contribution in [0.1, 0.15) is 44.2 Å². The smallest absolute Gasteiger partial charge is 0.242 e. The van der Waals surface area contributed by atoms with E-state index in [9.17, 15) is 9.59 Å². The maximum absolute atomic E-state index is 13.3. The zero-order chi connectivity index (χ0) is 22.1. The van der Waals surface area contributed by atoms with Gasteiger partial charge in [0.05, 0.1) is 6.42 Å². The van der Waals surface area contributed by atoms with E-state index in [-0.39, 0.29) is 24.8 Å². The first-order chi connectivity index (χ1) is 14.4. The highest BCUT2D eigenvalue weighted by Gasteiger charge is 2.29. The summed E-state index contributed by atoms with van der Waals surface area (Å²) in [4.78, 5) is 27.7. The molecule has 0 aliphatic rings. The Morgan fingerprint density at radius 3 is 2.30 bits per heavy atom. The van der Waals surface area contributed by atoms with Gasteiger partial charge in [0, 0.05) is 33.7 Å². The fraction of sp³-hybridized carbons (Fsp3) is 0.391. The molecule has 30 heavy (non-hydrogen) atoms. The van der Waals surface area contributed by atoms with Crippen molar-refractivity contribution < 1.29 is 9.59 Å². The van der Waals surface area contributed by atoms with Crippen molar-refractivity contribution in [3.8, 4) is 0 Å². The van der Waals surface area contributed by atoms with Gasteiger partial charge < -0.3 is 10.2 Å². The first kappa shape index (κ1) is 24.5. The van der Waals surface area contributed by atoms with E-state index in [1.165, 1.54) is 0 Å². The molecular weight excluding hydrogens is 443 g/mol. The number of nitrogens with zero attached hydrogens (tertiary/aromatic N) is 1. The molecule has 0 aliphatic carbocycles. The van der Waals surface area contributed by atoms with E-state index in [1.807, 2.05) is 13.0 Å². The van der Waals surface area contributed by atoms with Crippen molar-refractivity contribution in [3.63, 3.8) is 0 Å².